The van der Waals surface area contributed by atoms with E-state index in [-0.39, 0.29) is 23.3 Å². The third kappa shape index (κ3) is 8.70. The molecule has 1 aliphatic rings. The fourth-order valence-corrected chi connectivity index (χ4v) is 6.07. The highest BCUT2D eigenvalue weighted by Crippen LogP contribution is 2.36. The monoisotopic (exact) mass is 736 g/mol. The summed E-state index contributed by atoms with van der Waals surface area (Å²) in [5.74, 6) is -0.397. The molecule has 1 fully saturated rings. The van der Waals surface area contributed by atoms with Gasteiger partial charge in [0.05, 0.1) is 5.92 Å². The van der Waals surface area contributed by atoms with Crippen LogP contribution in [-0.4, -0.2) is 56.0 Å². The predicted octanol–water partition coefficient (Wildman–Crippen LogP) is 7.91. The Morgan fingerprint density at radius 2 is 1.50 bits per heavy atom. The molecule has 0 spiro atoms. The molecule has 1 unspecified atom stereocenters. The zero-order valence-electron chi connectivity index (χ0n) is 25.9. The van der Waals surface area contributed by atoms with Crippen molar-refractivity contribution >= 4 is 45.8 Å². The van der Waals surface area contributed by atoms with Gasteiger partial charge in [-0.05, 0) is 53.4 Å². The molecule has 240 valence electrons. The minimum absolute atomic E-state index is 0.0816. The lowest BCUT2D eigenvalue weighted by Crippen LogP contribution is -2.49. The lowest BCUT2D eigenvalue weighted by molar-refractivity contribution is -0.123. The number of amides is 2. The zero-order chi connectivity index (χ0) is 32.5. The second-order valence-corrected chi connectivity index (χ2v) is 12.9. The number of unbranched alkanes of at least 4 members (excludes halogenated alkanes) is 1. The number of anilines is 2. The number of rotatable bonds is 12. The third-order valence-electron chi connectivity index (χ3n) is 8.35. The fourth-order valence-electron chi connectivity index (χ4n) is 5.71. The van der Waals surface area contributed by atoms with E-state index in [1.165, 1.54) is 12.1 Å². The van der Waals surface area contributed by atoms with E-state index in [1.54, 1.807) is 24.3 Å². The van der Waals surface area contributed by atoms with E-state index in [0.717, 1.165) is 72.9 Å². The quantitative estimate of drug-likeness (QED) is 0.0883. The number of hydrogen-bond donors (Lipinski definition) is 2. The van der Waals surface area contributed by atoms with E-state index < -0.39 is 3.93 Å². The number of alkyl halides is 3. The average Bonchev–Trinajstić information content (AvgIpc) is 3.08. The van der Waals surface area contributed by atoms with Crippen molar-refractivity contribution in [2.24, 2.45) is 0 Å². The molecular weight excluding hydrogens is 697 g/mol. The molecule has 9 heteroatoms. The highest BCUT2D eigenvalue weighted by atomic mass is 127. The molecular formula is C37H39F2IN4O2. The van der Waals surface area contributed by atoms with Gasteiger partial charge in [-0.2, -0.15) is 8.78 Å². The summed E-state index contributed by atoms with van der Waals surface area (Å²) in [6, 6.07) is 31.0. The Morgan fingerprint density at radius 1 is 0.848 bits per heavy atom. The van der Waals surface area contributed by atoms with Crippen LogP contribution in [0.5, 0.6) is 0 Å². The van der Waals surface area contributed by atoms with Gasteiger partial charge in [-0.1, -0.05) is 86.1 Å². The number of benzene rings is 4. The molecule has 1 atom stereocenters. The van der Waals surface area contributed by atoms with Gasteiger partial charge < -0.3 is 15.5 Å². The first-order valence-corrected chi connectivity index (χ1v) is 16.8. The summed E-state index contributed by atoms with van der Waals surface area (Å²) in [4.78, 5) is 31.1. The Morgan fingerprint density at radius 3 is 2.15 bits per heavy atom. The van der Waals surface area contributed by atoms with E-state index in [1.807, 2.05) is 66.7 Å². The van der Waals surface area contributed by atoms with E-state index in [0.29, 0.717) is 35.5 Å². The standard InChI is InChI=1S/C37H39F2IN4O2/c1-2-3-21-41-35(45)34(27-9-5-4-6-10-27)26-43-22-24-44(25-23-43)31-19-17-30(18-20-31)42-36(46)33-12-8-7-11-32(33)28-13-15-29(16-14-28)37(38,39)40/h4-20,34H,2-3,21-26H2,1H3,(H,41,45)(H,42,46). The topological polar surface area (TPSA) is 64.7 Å². The number of nitrogens with zero attached hydrogens (tertiary/aromatic N) is 2. The third-order valence-corrected chi connectivity index (χ3v) is 8.97. The lowest BCUT2D eigenvalue weighted by Gasteiger charge is -2.37. The molecule has 6 nitrogen and oxygen atoms in total. The lowest BCUT2D eigenvalue weighted by atomic mass is 9.97. The van der Waals surface area contributed by atoms with Gasteiger partial charge in [0.15, 0.2) is 0 Å². The first kappa shape index (κ1) is 33.5. The first-order valence-electron chi connectivity index (χ1n) is 15.7. The van der Waals surface area contributed by atoms with Crippen LogP contribution in [0.2, 0.25) is 0 Å². The van der Waals surface area contributed by atoms with Crippen molar-refractivity contribution in [2.45, 2.75) is 29.6 Å². The highest BCUT2D eigenvalue weighted by molar-refractivity contribution is 14.1. The Kier molecular flexibility index (Phi) is 11.4. The van der Waals surface area contributed by atoms with Crippen LogP contribution in [-0.2, 0) is 8.72 Å². The normalized spacial score (nSPS) is 14.5. The van der Waals surface area contributed by atoms with Crippen LogP contribution in [0.25, 0.3) is 11.1 Å². The van der Waals surface area contributed by atoms with Crippen molar-refractivity contribution in [3.05, 3.63) is 120 Å². The van der Waals surface area contributed by atoms with Gasteiger partial charge in [0.25, 0.3) is 5.91 Å². The largest absolute Gasteiger partial charge is 0.369 e. The predicted molar refractivity (Wildman–Crippen MR) is 190 cm³/mol. The van der Waals surface area contributed by atoms with Crippen LogP contribution < -0.4 is 15.5 Å². The maximum Gasteiger partial charge on any atom is 0.321 e. The SMILES string of the molecule is CCCCNC(=O)C(CN1CCN(c2ccc(NC(=O)c3ccccc3-c3ccc(C(F)(F)I)cc3)cc2)CC1)c1ccccc1. The maximum absolute atomic E-state index is 13.7. The second-order valence-electron chi connectivity index (χ2n) is 11.5. The Hall–Kier alpha value is -3.83. The molecule has 46 heavy (non-hydrogen) atoms. The van der Waals surface area contributed by atoms with Crippen molar-refractivity contribution < 1.29 is 18.4 Å². The minimum atomic E-state index is -2.95. The van der Waals surface area contributed by atoms with Crippen LogP contribution >= 0.6 is 22.6 Å². The molecule has 0 radical (unpaired) electrons. The van der Waals surface area contributed by atoms with Crippen molar-refractivity contribution in [3.8, 4) is 11.1 Å². The van der Waals surface area contributed by atoms with Gasteiger partial charge in [0.1, 0.15) is 0 Å². The number of piperazine rings is 1. The molecule has 1 saturated heterocycles. The van der Waals surface area contributed by atoms with Crippen molar-refractivity contribution in [2.75, 3.05) is 49.5 Å². The van der Waals surface area contributed by atoms with Gasteiger partial charge >= 0.3 is 3.93 Å². The molecule has 2 amide bonds. The number of hydrogen-bond acceptors (Lipinski definition) is 4. The zero-order valence-corrected chi connectivity index (χ0v) is 28.1. The molecule has 1 heterocycles. The van der Waals surface area contributed by atoms with Crippen molar-refractivity contribution in [1.29, 1.82) is 0 Å². The first-order chi connectivity index (χ1) is 22.2. The number of nitrogens with one attached hydrogen (secondary N) is 2. The van der Waals surface area contributed by atoms with Crippen molar-refractivity contribution in [1.82, 2.24) is 10.2 Å². The summed E-state index contributed by atoms with van der Waals surface area (Å²) in [5, 5.41) is 6.10. The molecule has 5 rings (SSSR count). The van der Waals surface area contributed by atoms with Crippen LogP contribution in [0.4, 0.5) is 20.2 Å². The molecule has 0 bridgehead atoms. The van der Waals surface area contributed by atoms with Crippen LogP contribution in [0.3, 0.4) is 0 Å². The molecule has 4 aromatic rings. The number of carbonyl (C=O) groups is 2. The summed E-state index contributed by atoms with van der Waals surface area (Å²) in [6.45, 7) is 6.85. The van der Waals surface area contributed by atoms with E-state index in [4.69, 9.17) is 0 Å². The summed E-state index contributed by atoms with van der Waals surface area (Å²) in [6.07, 6.45) is 2.02. The van der Waals surface area contributed by atoms with Gasteiger partial charge in [-0.25, -0.2) is 0 Å². The van der Waals surface area contributed by atoms with Gasteiger partial charge in [0, 0.05) is 84.4 Å². The summed E-state index contributed by atoms with van der Waals surface area (Å²) >= 11 is 1.11. The minimum Gasteiger partial charge on any atom is -0.369 e. The molecule has 1 aliphatic heterocycles. The molecule has 0 aliphatic carbocycles. The van der Waals surface area contributed by atoms with E-state index in [9.17, 15) is 18.4 Å². The molecule has 0 saturated carbocycles. The highest BCUT2D eigenvalue weighted by Gasteiger charge is 2.27. The Balaban J connectivity index is 1.18. The molecule has 4 aromatic carbocycles. The van der Waals surface area contributed by atoms with Gasteiger partial charge in [-0.15, -0.1) is 0 Å². The van der Waals surface area contributed by atoms with Crippen LogP contribution in [0, 0.1) is 0 Å². The van der Waals surface area contributed by atoms with E-state index in [2.05, 4.69) is 27.4 Å². The second kappa shape index (κ2) is 15.6. The summed E-state index contributed by atoms with van der Waals surface area (Å²) in [7, 11) is 0. The van der Waals surface area contributed by atoms with Crippen molar-refractivity contribution in [3.63, 3.8) is 0 Å². The molecule has 0 aromatic heterocycles. The Labute approximate surface area is 283 Å². The van der Waals surface area contributed by atoms with E-state index >= 15 is 0 Å². The smallest absolute Gasteiger partial charge is 0.321 e. The summed E-state index contributed by atoms with van der Waals surface area (Å²) in [5.41, 5.74) is 4.52. The fraction of sp³-hybridized carbons (Fsp3) is 0.297. The number of halogens is 3. The average molecular weight is 737 g/mol. The molecule has 2 N–H and O–H groups in total. The maximum atomic E-state index is 13.7. The Bertz CT molecular complexity index is 1590. The van der Waals surface area contributed by atoms with Gasteiger partial charge in [-0.3, -0.25) is 14.5 Å². The van der Waals surface area contributed by atoms with Crippen LogP contribution in [0.15, 0.2) is 103 Å². The number of carbonyl (C=O) groups excluding carboxylic acids is 2. The van der Waals surface area contributed by atoms with Gasteiger partial charge in [0.2, 0.25) is 5.91 Å². The van der Waals surface area contributed by atoms with Crippen LogP contribution in [0.1, 0.15) is 47.2 Å². The summed E-state index contributed by atoms with van der Waals surface area (Å²) < 4.78 is 24.4.